The molecule has 150 valence electrons. The van der Waals surface area contributed by atoms with Crippen molar-refractivity contribution in [2.45, 2.75) is 135 Å². The molecule has 0 bridgehead atoms. The second-order valence-corrected chi connectivity index (χ2v) is 7.68. The summed E-state index contributed by atoms with van der Waals surface area (Å²) in [5, 5.41) is 18.5. The van der Waals surface area contributed by atoms with Crippen molar-refractivity contribution in [3.8, 4) is 0 Å². The highest BCUT2D eigenvalue weighted by molar-refractivity contribution is 5.66. The number of rotatable bonds is 20. The van der Waals surface area contributed by atoms with Crippen molar-refractivity contribution in [2.24, 2.45) is 0 Å². The first-order valence-corrected chi connectivity index (χ1v) is 11.1. The Morgan fingerprint density at radius 1 is 0.640 bits per heavy atom. The minimum atomic E-state index is -0.665. The number of carbonyl (C=O) groups is 1. The van der Waals surface area contributed by atoms with E-state index in [0.717, 1.165) is 25.7 Å². The van der Waals surface area contributed by atoms with Gasteiger partial charge >= 0.3 is 5.97 Å². The van der Waals surface area contributed by atoms with Gasteiger partial charge in [0.05, 0.1) is 6.10 Å². The molecule has 0 saturated carbocycles. The number of carboxylic acids is 1. The molecule has 25 heavy (non-hydrogen) atoms. The lowest BCUT2D eigenvalue weighted by Crippen LogP contribution is -2.05. The average molecular weight is 357 g/mol. The van der Waals surface area contributed by atoms with Crippen molar-refractivity contribution in [3.63, 3.8) is 0 Å². The molecule has 0 amide bonds. The first kappa shape index (κ1) is 24.4. The molecule has 3 nitrogen and oxygen atoms in total. The molecule has 1 atom stereocenters. The minimum Gasteiger partial charge on any atom is -0.481 e. The highest BCUT2D eigenvalue weighted by Gasteiger charge is 2.03. The van der Waals surface area contributed by atoms with Crippen LogP contribution in [0.3, 0.4) is 0 Å². The molecule has 1 unspecified atom stereocenters. The predicted octanol–water partition coefficient (Wildman–Crippen LogP) is 6.86. The van der Waals surface area contributed by atoms with Crippen LogP contribution in [0.2, 0.25) is 0 Å². The van der Waals surface area contributed by atoms with Gasteiger partial charge in [0.2, 0.25) is 0 Å². The molecule has 0 rings (SSSR count). The molecule has 0 heterocycles. The van der Waals surface area contributed by atoms with Crippen molar-refractivity contribution in [1.29, 1.82) is 0 Å². The fourth-order valence-corrected chi connectivity index (χ4v) is 3.38. The Balaban J connectivity index is 3.10. The lowest BCUT2D eigenvalue weighted by atomic mass is 10.0. The number of hydrogen-bond acceptors (Lipinski definition) is 2. The van der Waals surface area contributed by atoms with E-state index >= 15 is 0 Å². The first-order chi connectivity index (χ1) is 12.2. The molecule has 0 saturated heterocycles. The fourth-order valence-electron chi connectivity index (χ4n) is 3.38. The Morgan fingerprint density at radius 3 is 1.40 bits per heavy atom. The molecule has 0 aromatic heterocycles. The Hall–Kier alpha value is -0.570. The van der Waals surface area contributed by atoms with E-state index in [0.29, 0.717) is 6.42 Å². The van der Waals surface area contributed by atoms with Crippen LogP contribution in [0.5, 0.6) is 0 Å². The van der Waals surface area contributed by atoms with Gasteiger partial charge in [-0.15, -0.1) is 0 Å². The van der Waals surface area contributed by atoms with E-state index < -0.39 is 5.97 Å². The number of hydrogen-bond donors (Lipinski definition) is 2. The van der Waals surface area contributed by atoms with E-state index in [1.165, 1.54) is 89.9 Å². The largest absolute Gasteiger partial charge is 0.481 e. The SMILES string of the molecule is CCCCCCC(O)CCCCCCCCCCCCCCC(=O)O. The maximum Gasteiger partial charge on any atom is 0.303 e. The van der Waals surface area contributed by atoms with Gasteiger partial charge in [-0.25, -0.2) is 0 Å². The zero-order chi connectivity index (χ0) is 18.6. The minimum absolute atomic E-state index is 0.0626. The Bertz CT molecular complexity index is 278. The average Bonchev–Trinajstić information content (AvgIpc) is 2.58. The summed E-state index contributed by atoms with van der Waals surface area (Å²) in [7, 11) is 0. The predicted molar refractivity (Wildman–Crippen MR) is 107 cm³/mol. The van der Waals surface area contributed by atoms with Crippen molar-refractivity contribution >= 4 is 5.97 Å². The summed E-state index contributed by atoms with van der Waals surface area (Å²) in [5.41, 5.74) is 0. The topological polar surface area (TPSA) is 57.5 Å². The molecule has 0 fully saturated rings. The van der Waals surface area contributed by atoms with Crippen LogP contribution in [-0.4, -0.2) is 22.3 Å². The second-order valence-electron chi connectivity index (χ2n) is 7.68. The van der Waals surface area contributed by atoms with Gasteiger partial charge in [-0.3, -0.25) is 4.79 Å². The van der Waals surface area contributed by atoms with Crippen molar-refractivity contribution in [2.75, 3.05) is 0 Å². The number of unbranched alkanes of at least 4 members (excludes halogenated alkanes) is 14. The van der Waals surface area contributed by atoms with Gasteiger partial charge in [0.1, 0.15) is 0 Å². The summed E-state index contributed by atoms with van der Waals surface area (Å²) >= 11 is 0. The zero-order valence-electron chi connectivity index (χ0n) is 16.8. The normalized spacial score (nSPS) is 12.4. The third kappa shape index (κ3) is 21.4. The van der Waals surface area contributed by atoms with Gasteiger partial charge in [0.25, 0.3) is 0 Å². The second kappa shape index (κ2) is 19.8. The van der Waals surface area contributed by atoms with Crippen LogP contribution in [0, 0.1) is 0 Å². The molecule has 3 heteroatoms. The standard InChI is InChI=1S/C22H44O3/c1-2-3-4-15-18-21(23)19-16-13-11-9-7-5-6-8-10-12-14-17-20-22(24)25/h21,23H,2-20H2,1H3,(H,24,25). The van der Waals surface area contributed by atoms with Crippen LogP contribution in [0.1, 0.15) is 129 Å². The molecule has 0 aliphatic rings. The maximum absolute atomic E-state index is 10.4. The smallest absolute Gasteiger partial charge is 0.303 e. The summed E-state index contributed by atoms with van der Waals surface area (Å²) in [6.45, 7) is 2.22. The highest BCUT2D eigenvalue weighted by Crippen LogP contribution is 2.15. The van der Waals surface area contributed by atoms with Gasteiger partial charge in [0, 0.05) is 6.42 Å². The van der Waals surface area contributed by atoms with E-state index in [-0.39, 0.29) is 6.10 Å². The highest BCUT2D eigenvalue weighted by atomic mass is 16.4. The van der Waals surface area contributed by atoms with E-state index in [9.17, 15) is 9.90 Å². The fraction of sp³-hybridized carbons (Fsp3) is 0.955. The Morgan fingerprint density at radius 2 is 1.00 bits per heavy atom. The van der Waals surface area contributed by atoms with E-state index in [4.69, 9.17) is 5.11 Å². The van der Waals surface area contributed by atoms with E-state index in [1.54, 1.807) is 0 Å². The molecule has 0 radical (unpaired) electrons. The zero-order valence-corrected chi connectivity index (χ0v) is 16.8. The van der Waals surface area contributed by atoms with Gasteiger partial charge in [-0.05, 0) is 19.3 Å². The molecular weight excluding hydrogens is 312 g/mol. The summed E-state index contributed by atoms with van der Waals surface area (Å²) < 4.78 is 0. The lowest BCUT2D eigenvalue weighted by Gasteiger charge is -2.10. The van der Waals surface area contributed by atoms with Gasteiger partial charge in [-0.1, -0.05) is 103 Å². The summed E-state index contributed by atoms with van der Waals surface area (Å²) in [5.74, 6) is -0.665. The van der Waals surface area contributed by atoms with Crippen LogP contribution in [0.25, 0.3) is 0 Å². The monoisotopic (exact) mass is 356 g/mol. The number of aliphatic carboxylic acids is 1. The van der Waals surface area contributed by atoms with Crippen LogP contribution in [-0.2, 0) is 4.79 Å². The number of aliphatic hydroxyl groups excluding tert-OH is 1. The quantitative estimate of drug-likeness (QED) is 0.234. The molecule has 0 spiro atoms. The van der Waals surface area contributed by atoms with Gasteiger partial charge in [0.15, 0.2) is 0 Å². The summed E-state index contributed by atoms with van der Waals surface area (Å²) in [6.07, 6.45) is 22.1. The molecule has 0 aromatic rings. The molecule has 2 N–H and O–H groups in total. The van der Waals surface area contributed by atoms with E-state index in [1.807, 2.05) is 0 Å². The van der Waals surface area contributed by atoms with E-state index in [2.05, 4.69) is 6.92 Å². The van der Waals surface area contributed by atoms with Crippen molar-refractivity contribution < 1.29 is 15.0 Å². The number of carboxylic acid groups (broad SMARTS) is 1. The van der Waals surface area contributed by atoms with Crippen LogP contribution in [0.4, 0.5) is 0 Å². The van der Waals surface area contributed by atoms with Gasteiger partial charge < -0.3 is 10.2 Å². The molecular formula is C22H44O3. The van der Waals surface area contributed by atoms with Crippen LogP contribution >= 0.6 is 0 Å². The first-order valence-electron chi connectivity index (χ1n) is 11.1. The number of aliphatic hydroxyl groups is 1. The summed E-state index contributed by atoms with van der Waals surface area (Å²) in [6, 6.07) is 0. The Kier molecular flexibility index (Phi) is 19.3. The molecule has 0 aromatic carbocycles. The third-order valence-corrected chi connectivity index (χ3v) is 5.07. The summed E-state index contributed by atoms with van der Waals surface area (Å²) in [4.78, 5) is 10.4. The third-order valence-electron chi connectivity index (χ3n) is 5.07. The van der Waals surface area contributed by atoms with Crippen molar-refractivity contribution in [1.82, 2.24) is 0 Å². The maximum atomic E-state index is 10.4. The lowest BCUT2D eigenvalue weighted by molar-refractivity contribution is -0.137. The van der Waals surface area contributed by atoms with Crippen LogP contribution in [0.15, 0.2) is 0 Å². The van der Waals surface area contributed by atoms with Crippen LogP contribution < -0.4 is 0 Å². The van der Waals surface area contributed by atoms with Crippen molar-refractivity contribution in [3.05, 3.63) is 0 Å². The van der Waals surface area contributed by atoms with Gasteiger partial charge in [-0.2, -0.15) is 0 Å². The molecule has 0 aliphatic heterocycles. The Labute approximate surface area is 156 Å². The molecule has 0 aliphatic carbocycles.